The van der Waals surface area contributed by atoms with Crippen molar-refractivity contribution in [1.82, 2.24) is 14.9 Å². The molecule has 0 spiro atoms. The molecule has 3 rings (SSSR count). The number of hydrogen-bond acceptors (Lipinski definition) is 4. The lowest BCUT2D eigenvalue weighted by atomic mass is 10.0. The third-order valence-corrected chi connectivity index (χ3v) is 4.59. The van der Waals surface area contributed by atoms with E-state index < -0.39 is 0 Å². The lowest BCUT2D eigenvalue weighted by Gasteiger charge is -2.39. The lowest BCUT2D eigenvalue weighted by molar-refractivity contribution is -0.125. The van der Waals surface area contributed by atoms with Gasteiger partial charge in [-0.3, -0.25) is 19.7 Å². The Labute approximate surface area is 137 Å². The molecule has 1 aliphatic rings. The summed E-state index contributed by atoms with van der Waals surface area (Å²) in [5.41, 5.74) is 1.86. The maximum atomic E-state index is 13.0. The molecule has 1 aliphatic heterocycles. The van der Waals surface area contributed by atoms with Crippen LogP contribution in [0.4, 0.5) is 5.69 Å². The fraction of sp³-hybridized carbons (Fsp3) is 0.389. The minimum absolute atomic E-state index is 0.0494. The van der Waals surface area contributed by atoms with Crippen molar-refractivity contribution >= 4 is 11.6 Å². The van der Waals surface area contributed by atoms with Gasteiger partial charge in [-0.2, -0.15) is 0 Å². The normalized spacial score (nSPS) is 19.9. The number of amides is 1. The standard InChI is InChI=1S/C18H22N4O/c1-14(16-13-19-10-11-20-16)21(2)17-9-6-12-22(18(17)23)15-7-4-3-5-8-15/h3-5,7-8,10-11,13-14,17H,6,9,12H2,1-2H3/t14-,17+/m0/s1. The van der Waals surface area contributed by atoms with E-state index in [0.29, 0.717) is 0 Å². The largest absolute Gasteiger partial charge is 0.311 e. The number of carbonyl (C=O) groups is 1. The summed E-state index contributed by atoms with van der Waals surface area (Å²) < 4.78 is 0. The Balaban J connectivity index is 1.78. The minimum Gasteiger partial charge on any atom is -0.311 e. The van der Waals surface area contributed by atoms with Gasteiger partial charge in [0.1, 0.15) is 0 Å². The first-order chi connectivity index (χ1) is 11.2. The molecule has 5 nitrogen and oxygen atoms in total. The van der Waals surface area contributed by atoms with E-state index in [4.69, 9.17) is 0 Å². The first kappa shape index (κ1) is 15.6. The van der Waals surface area contributed by atoms with Crippen LogP contribution in [0.15, 0.2) is 48.9 Å². The molecule has 0 N–H and O–H groups in total. The van der Waals surface area contributed by atoms with Crippen molar-refractivity contribution in [3.05, 3.63) is 54.6 Å². The molecule has 0 unspecified atom stereocenters. The summed E-state index contributed by atoms with van der Waals surface area (Å²) in [6, 6.07) is 9.82. The predicted octanol–water partition coefficient (Wildman–Crippen LogP) is 2.67. The van der Waals surface area contributed by atoms with E-state index in [1.165, 1.54) is 0 Å². The van der Waals surface area contributed by atoms with Gasteiger partial charge in [0, 0.05) is 30.8 Å². The molecule has 120 valence electrons. The van der Waals surface area contributed by atoms with Crippen LogP contribution in [0.1, 0.15) is 31.5 Å². The Morgan fingerprint density at radius 2 is 2.04 bits per heavy atom. The van der Waals surface area contributed by atoms with Gasteiger partial charge in [-0.25, -0.2) is 0 Å². The van der Waals surface area contributed by atoms with Crippen molar-refractivity contribution in [1.29, 1.82) is 0 Å². The zero-order valence-corrected chi connectivity index (χ0v) is 13.6. The molecule has 2 heterocycles. The fourth-order valence-corrected chi connectivity index (χ4v) is 3.10. The smallest absolute Gasteiger partial charge is 0.244 e. The Morgan fingerprint density at radius 1 is 1.26 bits per heavy atom. The summed E-state index contributed by atoms with van der Waals surface area (Å²) in [4.78, 5) is 25.5. The Morgan fingerprint density at radius 3 is 2.74 bits per heavy atom. The second-order valence-electron chi connectivity index (χ2n) is 5.96. The van der Waals surface area contributed by atoms with Crippen LogP contribution < -0.4 is 4.90 Å². The first-order valence-electron chi connectivity index (χ1n) is 8.03. The molecule has 1 aromatic carbocycles. The van der Waals surface area contributed by atoms with E-state index in [1.807, 2.05) is 42.3 Å². The van der Waals surface area contributed by atoms with Gasteiger partial charge in [0.25, 0.3) is 0 Å². The van der Waals surface area contributed by atoms with Crippen LogP contribution in [0, 0.1) is 0 Å². The summed E-state index contributed by atoms with van der Waals surface area (Å²) >= 11 is 0. The van der Waals surface area contributed by atoms with Crippen molar-refractivity contribution in [3.63, 3.8) is 0 Å². The molecule has 1 saturated heterocycles. The summed E-state index contributed by atoms with van der Waals surface area (Å²) in [7, 11) is 2.00. The molecule has 1 fully saturated rings. The molecule has 2 atom stereocenters. The van der Waals surface area contributed by atoms with Gasteiger partial charge in [-0.15, -0.1) is 0 Å². The SMILES string of the molecule is C[C@@H](c1cnccn1)N(C)[C@@H]1CCCN(c2ccccc2)C1=O. The lowest BCUT2D eigenvalue weighted by Crippen LogP contribution is -2.52. The highest BCUT2D eigenvalue weighted by atomic mass is 16.2. The average Bonchev–Trinajstić information content (AvgIpc) is 2.62. The zero-order chi connectivity index (χ0) is 16.2. The molecule has 5 heteroatoms. The number of para-hydroxylation sites is 1. The topological polar surface area (TPSA) is 49.3 Å². The molecule has 0 saturated carbocycles. The van der Waals surface area contributed by atoms with Crippen LogP contribution in [0.25, 0.3) is 0 Å². The number of anilines is 1. The number of piperidine rings is 1. The number of hydrogen-bond donors (Lipinski definition) is 0. The monoisotopic (exact) mass is 310 g/mol. The van der Waals surface area contributed by atoms with Crippen molar-refractivity contribution in [2.45, 2.75) is 31.8 Å². The summed E-state index contributed by atoms with van der Waals surface area (Å²) in [5.74, 6) is 0.167. The quantitative estimate of drug-likeness (QED) is 0.871. The van der Waals surface area contributed by atoms with Crippen LogP contribution in [0.3, 0.4) is 0 Å². The van der Waals surface area contributed by atoms with Gasteiger partial charge in [0.2, 0.25) is 5.91 Å². The third-order valence-electron chi connectivity index (χ3n) is 4.59. The van der Waals surface area contributed by atoms with Crippen molar-refractivity contribution in [2.24, 2.45) is 0 Å². The number of benzene rings is 1. The Kier molecular flexibility index (Phi) is 4.67. The van der Waals surface area contributed by atoms with Gasteiger partial charge < -0.3 is 4.90 Å². The van der Waals surface area contributed by atoms with Crippen molar-refractivity contribution < 1.29 is 4.79 Å². The van der Waals surface area contributed by atoms with Crippen LogP contribution in [-0.4, -0.2) is 40.4 Å². The second-order valence-corrected chi connectivity index (χ2v) is 5.96. The van der Waals surface area contributed by atoms with Gasteiger partial charge >= 0.3 is 0 Å². The van der Waals surface area contributed by atoms with Crippen molar-refractivity contribution in [2.75, 3.05) is 18.5 Å². The van der Waals surface area contributed by atoms with E-state index in [0.717, 1.165) is 30.8 Å². The summed E-state index contributed by atoms with van der Waals surface area (Å²) in [6.45, 7) is 2.85. The fourth-order valence-electron chi connectivity index (χ4n) is 3.10. The van der Waals surface area contributed by atoms with Crippen LogP contribution in [0.2, 0.25) is 0 Å². The molecule has 0 bridgehead atoms. The summed E-state index contributed by atoms with van der Waals surface area (Å²) in [6.07, 6.45) is 7.01. The first-order valence-corrected chi connectivity index (χ1v) is 8.03. The minimum atomic E-state index is -0.124. The maximum absolute atomic E-state index is 13.0. The van der Waals surface area contributed by atoms with Gasteiger partial charge in [-0.05, 0) is 38.9 Å². The molecule has 1 aromatic heterocycles. The molecule has 0 radical (unpaired) electrons. The van der Waals surface area contributed by atoms with Gasteiger partial charge in [0.15, 0.2) is 0 Å². The maximum Gasteiger partial charge on any atom is 0.244 e. The number of aromatic nitrogens is 2. The molecule has 23 heavy (non-hydrogen) atoms. The highest BCUT2D eigenvalue weighted by molar-refractivity contribution is 5.97. The highest BCUT2D eigenvalue weighted by Crippen LogP contribution is 2.27. The van der Waals surface area contributed by atoms with E-state index >= 15 is 0 Å². The van der Waals surface area contributed by atoms with Crippen LogP contribution >= 0.6 is 0 Å². The Bertz CT molecular complexity index is 647. The second kappa shape index (κ2) is 6.87. The Hall–Kier alpha value is -2.27. The number of nitrogens with zero attached hydrogens (tertiary/aromatic N) is 4. The van der Waals surface area contributed by atoms with Crippen LogP contribution in [-0.2, 0) is 4.79 Å². The molecule has 1 amide bonds. The summed E-state index contributed by atoms with van der Waals surface area (Å²) in [5, 5.41) is 0. The average molecular weight is 310 g/mol. The van der Waals surface area contributed by atoms with E-state index in [2.05, 4.69) is 21.8 Å². The third kappa shape index (κ3) is 3.24. The molecule has 0 aliphatic carbocycles. The van der Waals surface area contributed by atoms with E-state index in [9.17, 15) is 4.79 Å². The highest BCUT2D eigenvalue weighted by Gasteiger charge is 2.34. The van der Waals surface area contributed by atoms with Crippen LogP contribution in [0.5, 0.6) is 0 Å². The predicted molar refractivity (Wildman–Crippen MR) is 90.0 cm³/mol. The van der Waals surface area contributed by atoms with E-state index in [1.54, 1.807) is 18.6 Å². The zero-order valence-electron chi connectivity index (χ0n) is 13.6. The number of rotatable bonds is 4. The molecular weight excluding hydrogens is 288 g/mol. The van der Waals surface area contributed by atoms with E-state index in [-0.39, 0.29) is 18.0 Å². The molecule has 2 aromatic rings. The van der Waals surface area contributed by atoms with Gasteiger partial charge in [0.05, 0.1) is 17.8 Å². The van der Waals surface area contributed by atoms with Crippen molar-refractivity contribution in [3.8, 4) is 0 Å². The van der Waals surface area contributed by atoms with Gasteiger partial charge in [-0.1, -0.05) is 18.2 Å². The number of likely N-dealkylation sites (N-methyl/N-ethyl adjacent to an activating group) is 1. The number of carbonyl (C=O) groups excluding carboxylic acids is 1. The molecular formula is C18H22N4O.